The highest BCUT2D eigenvalue weighted by molar-refractivity contribution is 5.83. The van der Waals surface area contributed by atoms with Crippen molar-refractivity contribution in [1.82, 2.24) is 9.88 Å². The van der Waals surface area contributed by atoms with Gasteiger partial charge in [-0.25, -0.2) is 4.79 Å². The van der Waals surface area contributed by atoms with Crippen molar-refractivity contribution >= 4 is 17.0 Å². The molecule has 1 aromatic carbocycles. The Labute approximate surface area is 112 Å². The molecule has 0 saturated heterocycles. The highest BCUT2D eigenvalue weighted by Gasteiger charge is 2.15. The van der Waals surface area contributed by atoms with Gasteiger partial charge in [0.05, 0.1) is 13.2 Å². The van der Waals surface area contributed by atoms with Gasteiger partial charge in [-0.3, -0.25) is 0 Å². The summed E-state index contributed by atoms with van der Waals surface area (Å²) < 4.78 is 5.04. The van der Waals surface area contributed by atoms with Gasteiger partial charge in [-0.15, -0.1) is 0 Å². The van der Waals surface area contributed by atoms with Gasteiger partial charge >= 0.3 is 6.09 Å². The Balaban J connectivity index is 2.18. The number of aromatic nitrogens is 1. The fourth-order valence-corrected chi connectivity index (χ4v) is 2.07. The van der Waals surface area contributed by atoms with Crippen LogP contribution >= 0.6 is 0 Å². The minimum absolute atomic E-state index is 0.321. The van der Waals surface area contributed by atoms with E-state index in [0.29, 0.717) is 26.2 Å². The zero-order chi connectivity index (χ0) is 13.7. The zero-order valence-electron chi connectivity index (χ0n) is 11.1. The second-order valence-corrected chi connectivity index (χ2v) is 4.27. The molecule has 102 valence electrons. The predicted octanol–water partition coefficient (Wildman–Crippen LogP) is 2.09. The smallest absolute Gasteiger partial charge is 0.410 e. The molecule has 3 N–H and O–H groups in total. The summed E-state index contributed by atoms with van der Waals surface area (Å²) in [6.07, 6.45) is 1.60. The maximum atomic E-state index is 11.8. The Kier molecular flexibility index (Phi) is 4.41. The molecular weight excluding hydrogens is 242 g/mol. The van der Waals surface area contributed by atoms with Crippen molar-refractivity contribution in [2.45, 2.75) is 13.5 Å². The van der Waals surface area contributed by atoms with Gasteiger partial charge < -0.3 is 20.4 Å². The summed E-state index contributed by atoms with van der Waals surface area (Å²) in [7, 11) is 0. The average Bonchev–Trinajstić information content (AvgIpc) is 2.82. The molecule has 1 amide bonds. The van der Waals surface area contributed by atoms with Crippen LogP contribution in [0.5, 0.6) is 0 Å². The van der Waals surface area contributed by atoms with Crippen molar-refractivity contribution in [3.05, 3.63) is 36.0 Å². The molecule has 0 aliphatic carbocycles. The van der Waals surface area contributed by atoms with Gasteiger partial charge in [0.15, 0.2) is 0 Å². The summed E-state index contributed by atoms with van der Waals surface area (Å²) in [6, 6.07) is 8.01. The lowest BCUT2D eigenvalue weighted by molar-refractivity contribution is 0.106. The number of carbonyl (C=O) groups is 1. The second-order valence-electron chi connectivity index (χ2n) is 4.27. The van der Waals surface area contributed by atoms with E-state index < -0.39 is 0 Å². The third-order valence-electron chi connectivity index (χ3n) is 2.96. The first-order chi connectivity index (χ1) is 9.26. The van der Waals surface area contributed by atoms with Crippen LogP contribution in [0.1, 0.15) is 12.5 Å². The van der Waals surface area contributed by atoms with Crippen molar-refractivity contribution < 1.29 is 9.53 Å². The minimum atomic E-state index is -0.321. The first-order valence-electron chi connectivity index (χ1n) is 6.43. The van der Waals surface area contributed by atoms with Crippen LogP contribution in [0.4, 0.5) is 4.79 Å². The highest BCUT2D eigenvalue weighted by Crippen LogP contribution is 2.19. The molecule has 0 bridgehead atoms. The van der Waals surface area contributed by atoms with Gasteiger partial charge in [-0.2, -0.15) is 0 Å². The highest BCUT2D eigenvalue weighted by atomic mass is 16.6. The molecule has 0 radical (unpaired) electrons. The number of amides is 1. The van der Waals surface area contributed by atoms with E-state index >= 15 is 0 Å². The Morgan fingerprint density at radius 1 is 1.42 bits per heavy atom. The Bertz CT molecular complexity index is 550. The number of benzene rings is 1. The maximum absolute atomic E-state index is 11.8. The first-order valence-corrected chi connectivity index (χ1v) is 6.43. The number of ether oxygens (including phenoxy) is 1. The Morgan fingerprint density at radius 3 is 2.95 bits per heavy atom. The van der Waals surface area contributed by atoms with Gasteiger partial charge in [-0.05, 0) is 18.6 Å². The lowest BCUT2D eigenvalue weighted by atomic mass is 10.1. The number of nitrogens with two attached hydrogens (primary N) is 1. The molecule has 0 saturated carbocycles. The quantitative estimate of drug-likeness (QED) is 0.865. The number of hydrogen-bond donors (Lipinski definition) is 2. The monoisotopic (exact) mass is 261 g/mol. The summed E-state index contributed by atoms with van der Waals surface area (Å²) in [4.78, 5) is 16.7. The molecule has 1 aromatic heterocycles. The van der Waals surface area contributed by atoms with Gasteiger partial charge in [-0.1, -0.05) is 18.2 Å². The maximum Gasteiger partial charge on any atom is 0.410 e. The van der Waals surface area contributed by atoms with Gasteiger partial charge in [0.2, 0.25) is 0 Å². The molecule has 5 heteroatoms. The summed E-state index contributed by atoms with van der Waals surface area (Å²) in [6.45, 7) is 3.57. The SMILES string of the molecule is CCOC(=O)N(CCN)Cc1c[nH]c2ccccc12. The van der Waals surface area contributed by atoms with E-state index in [-0.39, 0.29) is 6.09 Å². The van der Waals surface area contributed by atoms with Crippen molar-refractivity contribution in [1.29, 1.82) is 0 Å². The van der Waals surface area contributed by atoms with Crippen LogP contribution in [0, 0.1) is 0 Å². The number of hydrogen-bond acceptors (Lipinski definition) is 3. The van der Waals surface area contributed by atoms with E-state index in [2.05, 4.69) is 4.98 Å². The van der Waals surface area contributed by atoms with Crippen LogP contribution in [-0.2, 0) is 11.3 Å². The molecule has 0 unspecified atom stereocenters. The summed E-state index contributed by atoms with van der Waals surface area (Å²) in [5, 5.41) is 1.12. The lowest BCUT2D eigenvalue weighted by Gasteiger charge is -2.20. The molecular formula is C14H19N3O2. The van der Waals surface area contributed by atoms with Crippen molar-refractivity contribution in [3.63, 3.8) is 0 Å². The number of nitrogens with zero attached hydrogens (tertiary/aromatic N) is 1. The standard InChI is InChI=1S/C14H19N3O2/c1-2-19-14(18)17(8-7-15)10-11-9-16-13-6-4-3-5-12(11)13/h3-6,9,16H,2,7-8,10,15H2,1H3. The molecule has 0 spiro atoms. The molecule has 0 fully saturated rings. The largest absolute Gasteiger partial charge is 0.450 e. The normalized spacial score (nSPS) is 10.6. The van der Waals surface area contributed by atoms with E-state index in [1.165, 1.54) is 0 Å². The molecule has 19 heavy (non-hydrogen) atoms. The molecule has 0 aliphatic heterocycles. The zero-order valence-corrected chi connectivity index (χ0v) is 11.1. The topological polar surface area (TPSA) is 71.3 Å². The van der Waals surface area contributed by atoms with Crippen molar-refractivity contribution in [2.75, 3.05) is 19.7 Å². The number of rotatable bonds is 5. The fourth-order valence-electron chi connectivity index (χ4n) is 2.07. The number of H-pyrrole nitrogens is 1. The molecule has 5 nitrogen and oxygen atoms in total. The Hall–Kier alpha value is -2.01. The average molecular weight is 261 g/mol. The second kappa shape index (κ2) is 6.24. The van der Waals surface area contributed by atoms with E-state index in [9.17, 15) is 4.79 Å². The fraction of sp³-hybridized carbons (Fsp3) is 0.357. The van der Waals surface area contributed by atoms with E-state index in [1.54, 1.807) is 11.8 Å². The van der Waals surface area contributed by atoms with Gasteiger partial charge in [0.1, 0.15) is 0 Å². The number of para-hydroxylation sites is 1. The number of fused-ring (bicyclic) bond motifs is 1. The summed E-state index contributed by atoms with van der Waals surface area (Å²) in [5.41, 5.74) is 7.68. The summed E-state index contributed by atoms with van der Waals surface area (Å²) >= 11 is 0. The summed E-state index contributed by atoms with van der Waals surface area (Å²) in [5.74, 6) is 0. The first kappa shape index (κ1) is 13.4. The van der Waals surface area contributed by atoms with Crippen LogP contribution in [0.3, 0.4) is 0 Å². The minimum Gasteiger partial charge on any atom is -0.450 e. The number of carbonyl (C=O) groups excluding carboxylic acids is 1. The van der Waals surface area contributed by atoms with Gasteiger partial charge in [0.25, 0.3) is 0 Å². The van der Waals surface area contributed by atoms with Gasteiger partial charge in [0, 0.05) is 30.2 Å². The van der Waals surface area contributed by atoms with Crippen LogP contribution in [0.15, 0.2) is 30.5 Å². The van der Waals surface area contributed by atoms with Crippen LogP contribution in [0.25, 0.3) is 10.9 Å². The van der Waals surface area contributed by atoms with Crippen LogP contribution < -0.4 is 5.73 Å². The van der Waals surface area contributed by atoms with Crippen molar-refractivity contribution in [3.8, 4) is 0 Å². The number of aromatic amines is 1. The third kappa shape index (κ3) is 3.06. The molecule has 2 aromatic rings. The van der Waals surface area contributed by atoms with Crippen LogP contribution in [-0.4, -0.2) is 35.7 Å². The van der Waals surface area contributed by atoms with E-state index in [0.717, 1.165) is 16.5 Å². The van der Waals surface area contributed by atoms with E-state index in [4.69, 9.17) is 10.5 Å². The predicted molar refractivity (Wildman–Crippen MR) is 74.8 cm³/mol. The molecule has 0 atom stereocenters. The number of nitrogens with one attached hydrogen (secondary N) is 1. The Morgan fingerprint density at radius 2 is 2.21 bits per heavy atom. The lowest BCUT2D eigenvalue weighted by Crippen LogP contribution is -2.35. The van der Waals surface area contributed by atoms with Crippen LogP contribution in [0.2, 0.25) is 0 Å². The molecule has 2 rings (SSSR count). The molecule has 0 aliphatic rings. The molecule has 1 heterocycles. The van der Waals surface area contributed by atoms with Crippen molar-refractivity contribution in [2.24, 2.45) is 5.73 Å². The van der Waals surface area contributed by atoms with E-state index in [1.807, 2.05) is 30.5 Å². The third-order valence-corrected chi connectivity index (χ3v) is 2.96.